The molecular weight excluding hydrogens is 271 g/mol. The summed E-state index contributed by atoms with van der Waals surface area (Å²) in [6, 6.07) is 11.4. The Morgan fingerprint density at radius 2 is 1.95 bits per heavy atom. The number of aliphatic hydroxyl groups excluding tert-OH is 1. The van der Waals surface area contributed by atoms with Crippen molar-refractivity contribution in [3.63, 3.8) is 0 Å². The Hall–Kier alpha value is -1.32. The fourth-order valence-corrected chi connectivity index (χ4v) is 3.87. The highest BCUT2D eigenvalue weighted by Gasteiger charge is 2.16. The molecule has 20 heavy (non-hydrogen) atoms. The third-order valence-corrected chi connectivity index (χ3v) is 4.79. The molecule has 3 rings (SSSR count). The first kappa shape index (κ1) is 13.7. The lowest BCUT2D eigenvalue weighted by atomic mass is 10.1. The molecule has 0 aromatic heterocycles. The van der Waals surface area contributed by atoms with Crippen LogP contribution < -0.4 is 0 Å². The first-order valence-electron chi connectivity index (χ1n) is 6.91. The predicted molar refractivity (Wildman–Crippen MR) is 79.6 cm³/mol. The van der Waals surface area contributed by atoms with Gasteiger partial charge in [-0.2, -0.15) is 0 Å². The summed E-state index contributed by atoms with van der Waals surface area (Å²) in [7, 11) is 0. The van der Waals surface area contributed by atoms with E-state index < -0.39 is 6.10 Å². The summed E-state index contributed by atoms with van der Waals surface area (Å²) in [6.45, 7) is 1.60. The molecule has 0 amide bonds. The van der Waals surface area contributed by atoms with Crippen molar-refractivity contribution in [2.45, 2.75) is 42.1 Å². The standard InChI is InChI=1S/C17H17FOS/c1-11(19)17-15(18)6-3-7-16(17)20-14-9-8-12-4-2-5-13(12)10-14/h3,6-11,19H,2,4-5H2,1H3/t11-/m0/s1. The highest BCUT2D eigenvalue weighted by atomic mass is 32.2. The number of aliphatic hydroxyl groups is 1. The first-order chi connectivity index (χ1) is 9.65. The predicted octanol–water partition coefficient (Wildman–Crippen LogP) is 4.52. The molecule has 0 saturated heterocycles. The molecule has 1 atom stereocenters. The van der Waals surface area contributed by atoms with Crippen molar-refractivity contribution in [3.05, 3.63) is 58.9 Å². The molecule has 0 heterocycles. The number of aryl methyl sites for hydroxylation is 2. The van der Waals surface area contributed by atoms with E-state index >= 15 is 0 Å². The molecule has 1 nitrogen and oxygen atoms in total. The Balaban J connectivity index is 1.93. The molecule has 2 aromatic rings. The fourth-order valence-electron chi connectivity index (χ4n) is 2.75. The number of rotatable bonds is 3. The van der Waals surface area contributed by atoms with E-state index in [4.69, 9.17) is 0 Å². The number of halogens is 1. The lowest BCUT2D eigenvalue weighted by molar-refractivity contribution is 0.191. The number of fused-ring (bicyclic) bond motifs is 1. The molecule has 0 bridgehead atoms. The second-order valence-electron chi connectivity index (χ2n) is 5.21. The van der Waals surface area contributed by atoms with E-state index in [2.05, 4.69) is 18.2 Å². The summed E-state index contributed by atoms with van der Waals surface area (Å²) in [5.74, 6) is -0.342. The summed E-state index contributed by atoms with van der Waals surface area (Å²) in [4.78, 5) is 1.90. The minimum Gasteiger partial charge on any atom is -0.389 e. The van der Waals surface area contributed by atoms with Crippen molar-refractivity contribution in [1.29, 1.82) is 0 Å². The van der Waals surface area contributed by atoms with Gasteiger partial charge < -0.3 is 5.11 Å². The van der Waals surface area contributed by atoms with Gasteiger partial charge in [-0.15, -0.1) is 0 Å². The van der Waals surface area contributed by atoms with Gasteiger partial charge in [0.05, 0.1) is 6.10 Å². The quantitative estimate of drug-likeness (QED) is 0.896. The summed E-state index contributed by atoms with van der Waals surface area (Å²) in [5, 5.41) is 9.76. The average molecular weight is 288 g/mol. The Morgan fingerprint density at radius 1 is 1.15 bits per heavy atom. The lowest BCUT2D eigenvalue weighted by Gasteiger charge is -2.13. The zero-order chi connectivity index (χ0) is 14.1. The molecule has 1 N–H and O–H groups in total. The van der Waals surface area contributed by atoms with E-state index in [1.165, 1.54) is 41.8 Å². The van der Waals surface area contributed by atoms with Gasteiger partial charge in [0.2, 0.25) is 0 Å². The van der Waals surface area contributed by atoms with Gasteiger partial charge in [-0.25, -0.2) is 4.39 Å². The molecule has 0 aliphatic heterocycles. The molecule has 0 unspecified atom stereocenters. The maximum absolute atomic E-state index is 13.8. The average Bonchev–Trinajstić information content (AvgIpc) is 2.85. The van der Waals surface area contributed by atoms with E-state index in [1.807, 2.05) is 6.07 Å². The molecule has 0 fully saturated rings. The summed E-state index contributed by atoms with van der Waals surface area (Å²) >= 11 is 1.52. The molecule has 0 radical (unpaired) electrons. The molecular formula is C17H17FOS. The largest absolute Gasteiger partial charge is 0.389 e. The fraction of sp³-hybridized carbons (Fsp3) is 0.294. The molecule has 2 aromatic carbocycles. The number of hydrogen-bond acceptors (Lipinski definition) is 2. The Kier molecular flexibility index (Phi) is 3.81. The van der Waals surface area contributed by atoms with Crippen LogP contribution in [0.15, 0.2) is 46.2 Å². The van der Waals surface area contributed by atoms with Crippen molar-refractivity contribution < 1.29 is 9.50 Å². The van der Waals surface area contributed by atoms with Crippen LogP contribution in [0, 0.1) is 5.82 Å². The third-order valence-electron chi connectivity index (χ3n) is 3.73. The SMILES string of the molecule is C[C@H](O)c1c(F)cccc1Sc1ccc2c(c1)CCC2. The molecule has 104 valence electrons. The first-order valence-corrected chi connectivity index (χ1v) is 7.73. The van der Waals surface area contributed by atoms with Crippen molar-refractivity contribution >= 4 is 11.8 Å². The van der Waals surface area contributed by atoms with Crippen LogP contribution in [0.5, 0.6) is 0 Å². The molecule has 0 saturated carbocycles. The molecule has 1 aliphatic rings. The topological polar surface area (TPSA) is 20.2 Å². The summed E-state index contributed by atoms with van der Waals surface area (Å²) in [6.07, 6.45) is 2.73. The highest BCUT2D eigenvalue weighted by molar-refractivity contribution is 7.99. The van der Waals surface area contributed by atoms with Gasteiger partial charge in [0.1, 0.15) is 5.82 Å². The van der Waals surface area contributed by atoms with Crippen molar-refractivity contribution in [3.8, 4) is 0 Å². The van der Waals surface area contributed by atoms with Crippen LogP contribution in [0.25, 0.3) is 0 Å². The zero-order valence-corrected chi connectivity index (χ0v) is 12.2. The normalized spacial score (nSPS) is 15.2. The van der Waals surface area contributed by atoms with Crippen LogP contribution in [0.1, 0.15) is 36.1 Å². The lowest BCUT2D eigenvalue weighted by Crippen LogP contribution is -1.98. The second kappa shape index (κ2) is 5.58. The van der Waals surface area contributed by atoms with Gasteiger partial charge in [-0.3, -0.25) is 0 Å². The minimum absolute atomic E-state index is 0.342. The van der Waals surface area contributed by atoms with Crippen LogP contribution in [-0.4, -0.2) is 5.11 Å². The van der Waals surface area contributed by atoms with Crippen LogP contribution in [0.4, 0.5) is 4.39 Å². The van der Waals surface area contributed by atoms with E-state index in [9.17, 15) is 9.50 Å². The van der Waals surface area contributed by atoms with E-state index in [0.29, 0.717) is 5.56 Å². The monoisotopic (exact) mass is 288 g/mol. The number of hydrogen-bond donors (Lipinski definition) is 1. The Bertz CT molecular complexity index is 637. The molecule has 0 spiro atoms. The Morgan fingerprint density at radius 3 is 2.75 bits per heavy atom. The van der Waals surface area contributed by atoms with Crippen LogP contribution >= 0.6 is 11.8 Å². The smallest absolute Gasteiger partial charge is 0.130 e. The zero-order valence-electron chi connectivity index (χ0n) is 11.4. The Labute approximate surface area is 122 Å². The van der Waals surface area contributed by atoms with Gasteiger partial charge in [-0.05, 0) is 61.6 Å². The highest BCUT2D eigenvalue weighted by Crippen LogP contribution is 2.36. The van der Waals surface area contributed by atoms with Crippen molar-refractivity contribution in [2.75, 3.05) is 0 Å². The van der Waals surface area contributed by atoms with Crippen LogP contribution in [-0.2, 0) is 12.8 Å². The van der Waals surface area contributed by atoms with Crippen LogP contribution in [0.3, 0.4) is 0 Å². The van der Waals surface area contributed by atoms with Crippen LogP contribution in [0.2, 0.25) is 0 Å². The number of benzene rings is 2. The van der Waals surface area contributed by atoms with Gasteiger partial charge in [0.25, 0.3) is 0 Å². The van der Waals surface area contributed by atoms with Gasteiger partial charge in [0, 0.05) is 15.4 Å². The van der Waals surface area contributed by atoms with E-state index in [1.54, 1.807) is 13.0 Å². The second-order valence-corrected chi connectivity index (χ2v) is 6.33. The van der Waals surface area contributed by atoms with Crippen molar-refractivity contribution in [1.82, 2.24) is 0 Å². The van der Waals surface area contributed by atoms with Crippen molar-refractivity contribution in [2.24, 2.45) is 0 Å². The third kappa shape index (κ3) is 2.60. The van der Waals surface area contributed by atoms with Gasteiger partial charge in [0.15, 0.2) is 0 Å². The van der Waals surface area contributed by atoms with E-state index in [0.717, 1.165) is 16.2 Å². The molecule has 1 aliphatic carbocycles. The maximum Gasteiger partial charge on any atom is 0.130 e. The maximum atomic E-state index is 13.8. The van der Waals surface area contributed by atoms with E-state index in [-0.39, 0.29) is 5.82 Å². The molecule has 3 heteroatoms. The minimum atomic E-state index is -0.798. The summed E-state index contributed by atoms with van der Waals surface area (Å²) in [5.41, 5.74) is 3.23. The van der Waals surface area contributed by atoms with Gasteiger partial charge in [-0.1, -0.05) is 23.9 Å². The van der Waals surface area contributed by atoms with Gasteiger partial charge >= 0.3 is 0 Å². The summed E-state index contributed by atoms with van der Waals surface area (Å²) < 4.78 is 13.8.